The van der Waals surface area contributed by atoms with Gasteiger partial charge in [0.05, 0.1) is 18.0 Å². The van der Waals surface area contributed by atoms with E-state index in [4.69, 9.17) is 9.47 Å². The van der Waals surface area contributed by atoms with Gasteiger partial charge >= 0.3 is 18.0 Å². The number of hydrogen-bond acceptors (Lipinski definition) is 8. The summed E-state index contributed by atoms with van der Waals surface area (Å²) in [5.74, 6) is -4.10. The number of nitrogens with one attached hydrogen (secondary N) is 2. The van der Waals surface area contributed by atoms with Crippen molar-refractivity contribution < 1.29 is 38.7 Å². The number of rotatable bonds is 14. The molecule has 39 heavy (non-hydrogen) atoms. The van der Waals surface area contributed by atoms with Crippen LogP contribution in [0.5, 0.6) is 0 Å². The number of benzene rings is 2. The van der Waals surface area contributed by atoms with Gasteiger partial charge in [0.15, 0.2) is 0 Å². The normalized spacial score (nSPS) is 13.0. The Morgan fingerprint density at radius 1 is 0.974 bits per heavy atom. The van der Waals surface area contributed by atoms with Gasteiger partial charge in [0, 0.05) is 18.1 Å². The molecule has 3 N–H and O–H groups in total. The van der Waals surface area contributed by atoms with Gasteiger partial charge in [-0.3, -0.25) is 19.7 Å². The minimum absolute atomic E-state index is 0.0256. The number of nitro benzene ring substituents is 1. The summed E-state index contributed by atoms with van der Waals surface area (Å²) in [6.45, 7) is 5.27. The van der Waals surface area contributed by atoms with E-state index in [0.29, 0.717) is 0 Å². The first-order chi connectivity index (χ1) is 18.5. The van der Waals surface area contributed by atoms with E-state index >= 15 is 0 Å². The number of ether oxygens (including phenoxy) is 2. The number of hydrogen-bond donors (Lipinski definition) is 3. The monoisotopic (exact) mass is 543 g/mol. The Morgan fingerprint density at radius 2 is 1.62 bits per heavy atom. The third-order valence-electron chi connectivity index (χ3n) is 5.72. The minimum atomic E-state index is -1.61. The molecule has 0 aliphatic carbocycles. The molecule has 0 fully saturated rings. The lowest BCUT2D eigenvalue weighted by molar-refractivity contribution is -0.384. The van der Waals surface area contributed by atoms with Crippen LogP contribution in [0.2, 0.25) is 0 Å². The van der Waals surface area contributed by atoms with Gasteiger partial charge in [0.25, 0.3) is 5.69 Å². The smallest absolute Gasteiger partial charge is 0.408 e. The first-order valence-electron chi connectivity index (χ1n) is 12.4. The number of amides is 2. The third kappa shape index (κ3) is 10.1. The summed E-state index contributed by atoms with van der Waals surface area (Å²) in [7, 11) is 0. The van der Waals surface area contributed by atoms with Gasteiger partial charge in [-0.15, -0.1) is 0 Å². The summed E-state index contributed by atoms with van der Waals surface area (Å²) in [6, 6.07) is 11.2. The molecule has 0 aromatic heterocycles. The fourth-order valence-electron chi connectivity index (χ4n) is 3.87. The number of carbonyl (C=O) groups is 4. The van der Waals surface area contributed by atoms with E-state index in [1.54, 1.807) is 31.2 Å². The molecule has 12 heteroatoms. The summed E-state index contributed by atoms with van der Waals surface area (Å²) in [4.78, 5) is 60.7. The molecule has 0 unspecified atom stereocenters. The fraction of sp³-hybridized carbons (Fsp3) is 0.407. The Bertz CT molecular complexity index is 1140. The number of aliphatic carboxylic acids is 1. The number of carboxylic acid groups (broad SMARTS) is 1. The van der Waals surface area contributed by atoms with E-state index in [2.05, 4.69) is 10.6 Å². The summed E-state index contributed by atoms with van der Waals surface area (Å²) in [5, 5.41) is 26.0. The quantitative estimate of drug-likeness (QED) is 0.183. The van der Waals surface area contributed by atoms with Crippen LogP contribution in [0.1, 0.15) is 50.7 Å². The van der Waals surface area contributed by atoms with E-state index in [1.165, 1.54) is 24.3 Å². The molecule has 0 aliphatic heterocycles. The van der Waals surface area contributed by atoms with Crippen LogP contribution in [0.3, 0.4) is 0 Å². The maximum Gasteiger partial charge on any atom is 0.408 e. The van der Waals surface area contributed by atoms with Crippen LogP contribution in [-0.4, -0.2) is 52.7 Å². The molecule has 2 aromatic rings. The molecule has 3 atom stereocenters. The number of alkyl carbamates (subject to hydrolysis) is 1. The average molecular weight is 544 g/mol. The molecule has 2 amide bonds. The molecule has 0 radical (unpaired) electrons. The van der Waals surface area contributed by atoms with E-state index < -0.39 is 53.3 Å². The van der Waals surface area contributed by atoms with Crippen molar-refractivity contribution in [3.8, 4) is 0 Å². The highest BCUT2D eigenvalue weighted by molar-refractivity contribution is 5.90. The topological polar surface area (TPSA) is 174 Å². The Labute approximate surface area is 225 Å². The van der Waals surface area contributed by atoms with Crippen molar-refractivity contribution in [3.05, 3.63) is 75.8 Å². The predicted octanol–water partition coefficient (Wildman–Crippen LogP) is 3.54. The van der Waals surface area contributed by atoms with Crippen molar-refractivity contribution in [3.63, 3.8) is 0 Å². The SMILES string of the molecule is CCOC(=O)C[C@H](c1ccc([N+](=O)[O-])cc1)[C@H](NC(=O)[C@H](CC(C)C)NC(=O)OCc1ccccc1)C(=O)O. The van der Waals surface area contributed by atoms with Crippen LogP contribution < -0.4 is 10.6 Å². The molecule has 0 bridgehead atoms. The lowest BCUT2D eigenvalue weighted by atomic mass is 9.87. The van der Waals surface area contributed by atoms with Gasteiger partial charge in [-0.25, -0.2) is 9.59 Å². The zero-order valence-corrected chi connectivity index (χ0v) is 22.0. The molecular weight excluding hydrogens is 510 g/mol. The lowest BCUT2D eigenvalue weighted by Crippen LogP contribution is -2.54. The van der Waals surface area contributed by atoms with E-state index in [0.717, 1.165) is 5.56 Å². The molecular formula is C27H33N3O9. The highest BCUT2D eigenvalue weighted by Crippen LogP contribution is 2.27. The molecule has 0 spiro atoms. The van der Waals surface area contributed by atoms with Crippen molar-refractivity contribution in [1.29, 1.82) is 0 Å². The van der Waals surface area contributed by atoms with Gasteiger partial charge in [0.1, 0.15) is 18.7 Å². The number of nitrogens with zero attached hydrogens (tertiary/aromatic N) is 1. The highest BCUT2D eigenvalue weighted by atomic mass is 16.6. The number of carbonyl (C=O) groups excluding carboxylic acids is 3. The number of non-ortho nitro benzene ring substituents is 1. The Hall–Kier alpha value is -4.48. The molecule has 2 rings (SSSR count). The Balaban J connectivity index is 2.25. The molecule has 0 aliphatic rings. The summed E-state index contributed by atoms with van der Waals surface area (Å²) in [6.07, 6.45) is -1.09. The molecule has 0 saturated heterocycles. The Kier molecular flexibility index (Phi) is 11.9. The van der Waals surface area contributed by atoms with Crippen LogP contribution in [0.4, 0.5) is 10.5 Å². The van der Waals surface area contributed by atoms with E-state index in [1.807, 2.05) is 19.9 Å². The van der Waals surface area contributed by atoms with Gasteiger partial charge < -0.3 is 25.2 Å². The second-order valence-corrected chi connectivity index (χ2v) is 9.18. The second-order valence-electron chi connectivity index (χ2n) is 9.18. The van der Waals surface area contributed by atoms with Gasteiger partial charge in [-0.2, -0.15) is 0 Å². The van der Waals surface area contributed by atoms with Crippen LogP contribution >= 0.6 is 0 Å². The molecule has 0 saturated carbocycles. The molecule has 2 aromatic carbocycles. The molecule has 12 nitrogen and oxygen atoms in total. The van der Waals surface area contributed by atoms with E-state index in [9.17, 15) is 34.4 Å². The number of carboxylic acids is 1. The first-order valence-corrected chi connectivity index (χ1v) is 12.4. The van der Waals surface area contributed by atoms with Crippen molar-refractivity contribution in [2.45, 2.75) is 58.2 Å². The molecule has 0 heterocycles. The van der Waals surface area contributed by atoms with Crippen molar-refractivity contribution >= 4 is 29.6 Å². The number of esters is 1. The van der Waals surface area contributed by atoms with Crippen molar-refractivity contribution in [1.82, 2.24) is 10.6 Å². The maximum absolute atomic E-state index is 13.2. The second kappa shape index (κ2) is 15.1. The summed E-state index contributed by atoms with van der Waals surface area (Å²) in [5.41, 5.74) is 0.796. The van der Waals surface area contributed by atoms with Gasteiger partial charge in [0.2, 0.25) is 5.91 Å². The standard InChI is InChI=1S/C27H33N3O9/c1-4-38-23(31)15-21(19-10-12-20(13-11-19)30(36)37)24(26(33)34)29-25(32)22(14-17(2)3)28-27(35)39-16-18-8-6-5-7-9-18/h5-13,17,21-22,24H,4,14-16H2,1-3H3,(H,28,35)(H,29,32)(H,33,34)/t21-,22+,24+/m1/s1. The highest BCUT2D eigenvalue weighted by Gasteiger charge is 2.35. The fourth-order valence-corrected chi connectivity index (χ4v) is 3.87. The predicted molar refractivity (Wildman–Crippen MR) is 140 cm³/mol. The van der Waals surface area contributed by atoms with Gasteiger partial charge in [-0.1, -0.05) is 56.3 Å². The average Bonchev–Trinajstić information content (AvgIpc) is 2.89. The van der Waals surface area contributed by atoms with Crippen molar-refractivity contribution in [2.24, 2.45) is 5.92 Å². The number of nitro groups is 1. The van der Waals surface area contributed by atoms with E-state index in [-0.39, 0.29) is 36.8 Å². The summed E-state index contributed by atoms with van der Waals surface area (Å²) >= 11 is 0. The third-order valence-corrected chi connectivity index (χ3v) is 5.72. The van der Waals surface area contributed by atoms with Gasteiger partial charge in [-0.05, 0) is 30.4 Å². The largest absolute Gasteiger partial charge is 0.480 e. The van der Waals surface area contributed by atoms with Crippen LogP contribution in [-0.2, 0) is 30.5 Å². The first kappa shape index (κ1) is 30.7. The Morgan fingerprint density at radius 3 is 2.15 bits per heavy atom. The summed E-state index contributed by atoms with van der Waals surface area (Å²) < 4.78 is 10.2. The van der Waals surface area contributed by atoms with Crippen LogP contribution in [0.15, 0.2) is 54.6 Å². The zero-order chi connectivity index (χ0) is 28.9. The minimum Gasteiger partial charge on any atom is -0.480 e. The van der Waals surface area contributed by atoms with Crippen LogP contribution in [0.25, 0.3) is 0 Å². The maximum atomic E-state index is 13.2. The lowest BCUT2D eigenvalue weighted by Gasteiger charge is -2.27. The zero-order valence-electron chi connectivity index (χ0n) is 22.0. The van der Waals surface area contributed by atoms with Crippen LogP contribution in [0, 0.1) is 16.0 Å². The molecule has 210 valence electrons. The van der Waals surface area contributed by atoms with Crippen molar-refractivity contribution in [2.75, 3.05) is 6.61 Å².